The van der Waals surface area contributed by atoms with Crippen LogP contribution in [0.5, 0.6) is 0 Å². The van der Waals surface area contributed by atoms with Gasteiger partial charge in [0.1, 0.15) is 0 Å². The molecule has 3 aromatic carbocycles. The predicted octanol–water partition coefficient (Wildman–Crippen LogP) is 7.71. The number of sulfonamides is 1. The molecule has 0 aliphatic carbocycles. The maximum atomic E-state index is 14.4. The first kappa shape index (κ1) is 39.4. The second-order valence-corrected chi connectivity index (χ2v) is 16.5. The number of hydrogen-bond donors (Lipinski definition) is 0. The lowest BCUT2D eigenvalue weighted by Crippen LogP contribution is -2.28. The van der Waals surface area contributed by atoms with Gasteiger partial charge in [-0.25, -0.2) is 8.42 Å². The molecular formula is C46H48N8O2S. The molecule has 0 amide bonds. The van der Waals surface area contributed by atoms with Crippen LogP contribution in [-0.4, -0.2) is 63.6 Å². The van der Waals surface area contributed by atoms with Crippen molar-refractivity contribution in [1.29, 1.82) is 0 Å². The van der Waals surface area contributed by atoms with Gasteiger partial charge in [-0.15, -0.1) is 0 Å². The Kier molecular flexibility index (Phi) is 12.7. The van der Waals surface area contributed by atoms with E-state index in [0.29, 0.717) is 44.7 Å². The van der Waals surface area contributed by atoms with E-state index in [4.69, 9.17) is 0 Å². The Hall–Kier alpha value is -5.85. The fourth-order valence-electron chi connectivity index (χ4n) is 7.23. The van der Waals surface area contributed by atoms with Crippen molar-refractivity contribution in [2.24, 2.45) is 0 Å². The van der Waals surface area contributed by atoms with Crippen LogP contribution in [0.3, 0.4) is 0 Å². The molecule has 0 N–H and O–H groups in total. The Morgan fingerprint density at radius 1 is 0.439 bits per heavy atom. The van der Waals surface area contributed by atoms with Crippen molar-refractivity contribution in [3.63, 3.8) is 0 Å². The molecule has 0 radical (unpaired) electrons. The third-order valence-electron chi connectivity index (χ3n) is 9.81. The van der Waals surface area contributed by atoms with E-state index in [1.165, 1.54) is 4.31 Å². The van der Waals surface area contributed by atoms with E-state index in [-0.39, 0.29) is 11.4 Å². The minimum atomic E-state index is -3.88. The number of nitrogens with zero attached hydrogens (tertiary/aromatic N) is 8. The Morgan fingerprint density at radius 3 is 1.21 bits per heavy atom. The number of hydrogen-bond acceptors (Lipinski definition) is 9. The average Bonchev–Trinajstić information content (AvgIpc) is 3.21. The first-order valence-corrected chi connectivity index (χ1v) is 20.5. The third kappa shape index (κ3) is 10.3. The molecule has 0 atom stereocenters. The molecule has 7 rings (SSSR count). The van der Waals surface area contributed by atoms with Gasteiger partial charge in [0.15, 0.2) is 0 Å². The van der Waals surface area contributed by atoms with Crippen LogP contribution in [-0.2, 0) is 55.8 Å². The molecule has 0 fully saturated rings. The van der Waals surface area contributed by atoms with E-state index in [2.05, 4.69) is 47.9 Å². The van der Waals surface area contributed by atoms with Crippen LogP contribution in [0.4, 0.5) is 5.69 Å². The number of benzene rings is 3. The Balaban J connectivity index is 1.24. The fourth-order valence-corrected chi connectivity index (χ4v) is 8.58. The predicted molar refractivity (Wildman–Crippen MR) is 226 cm³/mol. The lowest BCUT2D eigenvalue weighted by atomic mass is 10.0. The van der Waals surface area contributed by atoms with Crippen molar-refractivity contribution in [2.75, 3.05) is 26.0 Å². The molecule has 57 heavy (non-hydrogen) atoms. The Bertz CT molecular complexity index is 2280. The lowest BCUT2D eigenvalue weighted by molar-refractivity contribution is 0.237. The van der Waals surface area contributed by atoms with Crippen molar-refractivity contribution < 1.29 is 8.42 Å². The summed E-state index contributed by atoms with van der Waals surface area (Å²) in [6.45, 7) is 3.86. The number of pyridine rings is 4. The van der Waals surface area contributed by atoms with Gasteiger partial charge in [0.25, 0.3) is 0 Å². The van der Waals surface area contributed by atoms with Crippen LogP contribution in [0.2, 0.25) is 0 Å². The van der Waals surface area contributed by atoms with Gasteiger partial charge in [0.2, 0.25) is 10.0 Å². The summed E-state index contributed by atoms with van der Waals surface area (Å²) in [7, 11) is 1.72. The SMILES string of the molecule is CN(C)c1ccc(S(=O)(=O)N(C)Cc2cc(CN(Cc3ccccn3)Cc3ccccn3)cc(CN(Cc3ccccn3)Cc3ccccn3)c2)c2ccccc12. The quantitative estimate of drug-likeness (QED) is 0.0922. The Labute approximate surface area is 336 Å². The van der Waals surface area contributed by atoms with Crippen molar-refractivity contribution in [3.05, 3.63) is 192 Å². The maximum absolute atomic E-state index is 14.4. The van der Waals surface area contributed by atoms with E-state index in [0.717, 1.165) is 50.5 Å². The molecule has 0 bridgehead atoms. The zero-order valence-corrected chi connectivity index (χ0v) is 33.5. The summed E-state index contributed by atoms with van der Waals surface area (Å²) >= 11 is 0. The number of aromatic nitrogens is 4. The van der Waals surface area contributed by atoms with E-state index < -0.39 is 10.0 Å². The first-order chi connectivity index (χ1) is 27.7. The average molecular weight is 777 g/mol. The van der Waals surface area contributed by atoms with Crippen molar-refractivity contribution in [3.8, 4) is 0 Å². The van der Waals surface area contributed by atoms with Gasteiger partial charge in [-0.05, 0) is 77.4 Å². The maximum Gasteiger partial charge on any atom is 0.243 e. The number of rotatable bonds is 17. The highest BCUT2D eigenvalue weighted by Gasteiger charge is 2.25. The van der Waals surface area contributed by atoms with E-state index >= 15 is 0 Å². The standard InChI is InChI=1S/C46H48N8O2S/c1-51(2)45-20-21-46(44-19-5-4-18-43(44)45)57(55,56)52(3)29-36-26-37(30-53(32-39-14-6-10-22-47-39)33-40-15-7-11-23-48-40)28-38(27-36)31-54(34-41-16-8-12-24-49-41)35-42-17-9-13-25-50-42/h4-28H,29-35H2,1-3H3. The summed E-state index contributed by atoms with van der Waals surface area (Å²) in [6, 6.07) is 41.7. The second-order valence-electron chi connectivity index (χ2n) is 14.5. The van der Waals surface area contributed by atoms with Crippen LogP contribution in [0.25, 0.3) is 10.8 Å². The second kappa shape index (κ2) is 18.4. The first-order valence-electron chi connectivity index (χ1n) is 19.0. The molecule has 0 aliphatic rings. The summed E-state index contributed by atoms with van der Waals surface area (Å²) in [6.07, 6.45) is 7.27. The van der Waals surface area contributed by atoms with Crippen LogP contribution in [0.15, 0.2) is 157 Å². The van der Waals surface area contributed by atoms with Gasteiger partial charge in [-0.3, -0.25) is 29.7 Å². The molecule has 4 aromatic heterocycles. The molecule has 4 heterocycles. The number of fused-ring (bicyclic) bond motifs is 1. The molecule has 0 spiro atoms. The highest BCUT2D eigenvalue weighted by Crippen LogP contribution is 2.33. The molecule has 0 aliphatic heterocycles. The molecule has 0 saturated heterocycles. The Morgan fingerprint density at radius 2 is 0.825 bits per heavy atom. The summed E-state index contributed by atoms with van der Waals surface area (Å²) < 4.78 is 30.3. The van der Waals surface area contributed by atoms with Gasteiger partial charge in [0, 0.05) is 108 Å². The number of anilines is 1. The van der Waals surface area contributed by atoms with Crippen LogP contribution < -0.4 is 4.90 Å². The molecule has 11 heteroatoms. The van der Waals surface area contributed by atoms with Gasteiger partial charge in [-0.2, -0.15) is 4.31 Å². The van der Waals surface area contributed by atoms with Crippen molar-refractivity contribution in [2.45, 2.75) is 50.7 Å². The van der Waals surface area contributed by atoms with E-state index in [9.17, 15) is 8.42 Å². The van der Waals surface area contributed by atoms with Crippen LogP contribution in [0, 0.1) is 0 Å². The lowest BCUT2D eigenvalue weighted by Gasteiger charge is -2.25. The summed E-state index contributed by atoms with van der Waals surface area (Å²) in [5.41, 5.74) is 7.83. The van der Waals surface area contributed by atoms with Gasteiger partial charge >= 0.3 is 0 Å². The van der Waals surface area contributed by atoms with Crippen molar-refractivity contribution in [1.82, 2.24) is 34.0 Å². The summed E-state index contributed by atoms with van der Waals surface area (Å²) in [5.74, 6) is 0. The topological polar surface area (TPSA) is 98.7 Å². The zero-order valence-electron chi connectivity index (χ0n) is 32.7. The molecule has 10 nitrogen and oxygen atoms in total. The van der Waals surface area contributed by atoms with E-state index in [1.54, 1.807) is 13.1 Å². The monoisotopic (exact) mass is 776 g/mol. The smallest absolute Gasteiger partial charge is 0.243 e. The zero-order chi connectivity index (χ0) is 39.6. The molecule has 0 unspecified atom stereocenters. The molecule has 0 saturated carbocycles. The van der Waals surface area contributed by atoms with Gasteiger partial charge in [0.05, 0.1) is 27.7 Å². The highest BCUT2D eigenvalue weighted by molar-refractivity contribution is 7.89. The van der Waals surface area contributed by atoms with Gasteiger partial charge in [-0.1, -0.05) is 66.7 Å². The molecule has 290 valence electrons. The fraction of sp³-hybridized carbons (Fsp3) is 0.217. The molecular weight excluding hydrogens is 729 g/mol. The van der Waals surface area contributed by atoms with Crippen molar-refractivity contribution >= 4 is 26.5 Å². The summed E-state index contributed by atoms with van der Waals surface area (Å²) in [4.78, 5) is 25.5. The largest absolute Gasteiger partial charge is 0.377 e. The highest BCUT2D eigenvalue weighted by atomic mass is 32.2. The normalized spacial score (nSPS) is 11.8. The molecule has 7 aromatic rings. The van der Waals surface area contributed by atoms with Crippen LogP contribution in [0.1, 0.15) is 39.5 Å². The minimum absolute atomic E-state index is 0.188. The third-order valence-corrected chi connectivity index (χ3v) is 11.7. The van der Waals surface area contributed by atoms with Gasteiger partial charge < -0.3 is 4.90 Å². The summed E-state index contributed by atoms with van der Waals surface area (Å²) in [5, 5.41) is 1.59. The minimum Gasteiger partial charge on any atom is -0.377 e. The van der Waals surface area contributed by atoms with Crippen LogP contribution >= 0.6 is 0 Å². The van der Waals surface area contributed by atoms with E-state index in [1.807, 2.05) is 147 Å².